The van der Waals surface area contributed by atoms with Gasteiger partial charge in [0.1, 0.15) is 29.1 Å². The van der Waals surface area contributed by atoms with Crippen molar-refractivity contribution in [3.05, 3.63) is 39.8 Å². The summed E-state index contributed by atoms with van der Waals surface area (Å²) in [7, 11) is 1.60. The van der Waals surface area contributed by atoms with Gasteiger partial charge in [-0.15, -0.1) is 0 Å². The highest BCUT2D eigenvalue weighted by molar-refractivity contribution is 7.71. The van der Waals surface area contributed by atoms with E-state index in [4.69, 9.17) is 21.7 Å². The van der Waals surface area contributed by atoms with Crippen LogP contribution in [0, 0.1) is 34.2 Å². The summed E-state index contributed by atoms with van der Waals surface area (Å²) >= 11 is 5.18. The Morgan fingerprint density at radius 1 is 1.22 bits per heavy atom. The molecule has 116 valence electrons. The number of pyridine rings is 2. The van der Waals surface area contributed by atoms with Gasteiger partial charge < -0.3 is 14.5 Å². The molecule has 0 aromatic carbocycles. The van der Waals surface area contributed by atoms with Crippen molar-refractivity contribution in [2.24, 2.45) is 0 Å². The molecule has 0 bridgehead atoms. The number of aryl methyl sites for hydroxylation is 1. The monoisotopic (exact) mass is 326 g/mol. The summed E-state index contributed by atoms with van der Waals surface area (Å²) in [6.07, 6.45) is 1.54. The molecule has 6 nitrogen and oxygen atoms in total. The van der Waals surface area contributed by atoms with Gasteiger partial charge in [-0.05, 0) is 19.1 Å². The molecule has 23 heavy (non-hydrogen) atoms. The van der Waals surface area contributed by atoms with Crippen LogP contribution in [-0.2, 0) is 4.74 Å². The zero-order valence-electron chi connectivity index (χ0n) is 12.7. The first-order valence-electron chi connectivity index (χ1n) is 6.77. The van der Waals surface area contributed by atoms with E-state index in [1.807, 2.05) is 6.07 Å². The quantitative estimate of drug-likeness (QED) is 0.670. The summed E-state index contributed by atoms with van der Waals surface area (Å²) in [6, 6.07) is 7.58. The standard InChI is InChI=1S/C16H14N4O2S/c1-10-12(7-17)15(13(8-18)16(23)20-10)14-4-3-11(9-19-14)22-6-5-21-2/h3-4,9H,5-6H2,1-2H3,(H,20,23). The Morgan fingerprint density at radius 2 is 1.96 bits per heavy atom. The molecule has 0 amide bonds. The number of rotatable bonds is 5. The first kappa shape index (κ1) is 16.6. The maximum absolute atomic E-state index is 9.39. The number of nitriles is 2. The maximum atomic E-state index is 9.39. The SMILES string of the molecule is COCCOc1ccc(-c2c(C#N)c(C)[nH]c(=S)c2C#N)nc1. The minimum atomic E-state index is 0.239. The zero-order chi connectivity index (χ0) is 16.8. The van der Waals surface area contributed by atoms with Crippen molar-refractivity contribution in [2.75, 3.05) is 20.3 Å². The van der Waals surface area contributed by atoms with Crippen LogP contribution in [0.3, 0.4) is 0 Å². The van der Waals surface area contributed by atoms with Gasteiger partial charge in [0.2, 0.25) is 0 Å². The lowest BCUT2D eigenvalue weighted by molar-refractivity contribution is 0.146. The minimum Gasteiger partial charge on any atom is -0.490 e. The molecular formula is C16H14N4O2S. The third-order valence-electron chi connectivity index (χ3n) is 3.18. The highest BCUT2D eigenvalue weighted by Gasteiger charge is 2.16. The van der Waals surface area contributed by atoms with Crippen molar-refractivity contribution < 1.29 is 9.47 Å². The highest BCUT2D eigenvalue weighted by Crippen LogP contribution is 2.28. The topological polar surface area (TPSA) is 94.7 Å². The van der Waals surface area contributed by atoms with Crippen LogP contribution in [0.1, 0.15) is 16.8 Å². The van der Waals surface area contributed by atoms with Crippen molar-refractivity contribution in [2.45, 2.75) is 6.92 Å². The van der Waals surface area contributed by atoms with Gasteiger partial charge in [0.25, 0.3) is 0 Å². The predicted molar refractivity (Wildman–Crippen MR) is 86.4 cm³/mol. The Hall–Kier alpha value is -2.74. The second kappa shape index (κ2) is 7.50. The molecular weight excluding hydrogens is 312 g/mol. The Balaban J connectivity index is 2.48. The number of aromatic nitrogens is 2. The van der Waals surface area contributed by atoms with E-state index in [1.54, 1.807) is 32.4 Å². The molecule has 2 aromatic rings. The summed E-state index contributed by atoms with van der Waals surface area (Å²) in [4.78, 5) is 7.17. The molecule has 0 saturated heterocycles. The number of H-pyrrole nitrogens is 1. The molecule has 0 aliphatic heterocycles. The molecule has 2 heterocycles. The molecule has 7 heteroatoms. The Morgan fingerprint density at radius 3 is 2.52 bits per heavy atom. The lowest BCUT2D eigenvalue weighted by Gasteiger charge is -2.10. The normalized spacial score (nSPS) is 9.91. The van der Waals surface area contributed by atoms with E-state index >= 15 is 0 Å². The maximum Gasteiger partial charge on any atom is 0.137 e. The summed E-state index contributed by atoms with van der Waals surface area (Å²) in [5, 5.41) is 18.7. The number of methoxy groups -OCH3 is 1. The van der Waals surface area contributed by atoms with Crippen molar-refractivity contribution in [1.29, 1.82) is 10.5 Å². The van der Waals surface area contributed by atoms with Crippen LogP contribution in [0.5, 0.6) is 5.75 Å². The van der Waals surface area contributed by atoms with Crippen LogP contribution >= 0.6 is 12.2 Å². The van der Waals surface area contributed by atoms with Crippen molar-refractivity contribution in [3.8, 4) is 29.1 Å². The largest absolute Gasteiger partial charge is 0.490 e. The lowest BCUT2D eigenvalue weighted by atomic mass is 9.99. The van der Waals surface area contributed by atoms with Gasteiger partial charge in [-0.25, -0.2) is 0 Å². The lowest BCUT2D eigenvalue weighted by Crippen LogP contribution is -2.04. The molecule has 0 fully saturated rings. The molecule has 1 N–H and O–H groups in total. The van der Waals surface area contributed by atoms with E-state index < -0.39 is 0 Å². The predicted octanol–water partition coefficient (Wildman–Crippen LogP) is 2.88. The van der Waals surface area contributed by atoms with Crippen molar-refractivity contribution in [3.63, 3.8) is 0 Å². The molecule has 2 aromatic heterocycles. The van der Waals surface area contributed by atoms with E-state index in [2.05, 4.69) is 16.0 Å². The number of hydrogen-bond acceptors (Lipinski definition) is 6. The molecule has 0 atom stereocenters. The smallest absolute Gasteiger partial charge is 0.137 e. The summed E-state index contributed by atoms with van der Waals surface area (Å²) in [5.74, 6) is 0.584. The third-order valence-corrected chi connectivity index (χ3v) is 3.48. The van der Waals surface area contributed by atoms with E-state index in [9.17, 15) is 10.5 Å². The van der Waals surface area contributed by atoms with E-state index in [0.29, 0.717) is 46.1 Å². The molecule has 2 rings (SSSR count). The van der Waals surface area contributed by atoms with E-state index in [0.717, 1.165) is 0 Å². The van der Waals surface area contributed by atoms with Crippen LogP contribution in [0.25, 0.3) is 11.3 Å². The fourth-order valence-electron chi connectivity index (χ4n) is 2.08. The average molecular weight is 326 g/mol. The van der Waals surface area contributed by atoms with E-state index in [1.165, 1.54) is 0 Å². The van der Waals surface area contributed by atoms with Crippen molar-refractivity contribution in [1.82, 2.24) is 9.97 Å². The van der Waals surface area contributed by atoms with E-state index in [-0.39, 0.29) is 5.56 Å². The van der Waals surface area contributed by atoms with Crippen molar-refractivity contribution >= 4 is 12.2 Å². The minimum absolute atomic E-state index is 0.239. The average Bonchev–Trinajstić information content (AvgIpc) is 2.55. The van der Waals surface area contributed by atoms with Gasteiger partial charge in [0.15, 0.2) is 0 Å². The first-order valence-corrected chi connectivity index (χ1v) is 7.18. The molecule has 0 radical (unpaired) electrons. The fraction of sp³-hybridized carbons (Fsp3) is 0.250. The second-order valence-corrected chi connectivity index (χ2v) is 5.06. The summed E-state index contributed by atoms with van der Waals surface area (Å²) < 4.78 is 10.7. The Labute approximate surface area is 138 Å². The number of ether oxygens (including phenoxy) is 2. The van der Waals surface area contributed by atoms with Crippen LogP contribution in [0.15, 0.2) is 18.3 Å². The Bertz CT molecular complexity index is 845. The fourth-order valence-corrected chi connectivity index (χ4v) is 2.38. The molecule has 0 aliphatic rings. The number of hydrogen-bond donors (Lipinski definition) is 1. The second-order valence-electron chi connectivity index (χ2n) is 4.65. The Kier molecular flexibility index (Phi) is 5.42. The summed E-state index contributed by atoms with van der Waals surface area (Å²) in [6.45, 7) is 2.63. The number of nitrogens with one attached hydrogen (secondary N) is 1. The van der Waals surface area contributed by atoms with Crippen LogP contribution < -0.4 is 4.74 Å². The third kappa shape index (κ3) is 3.54. The molecule has 0 aliphatic carbocycles. The zero-order valence-corrected chi connectivity index (χ0v) is 13.5. The van der Waals surface area contributed by atoms with Gasteiger partial charge in [-0.1, -0.05) is 12.2 Å². The highest BCUT2D eigenvalue weighted by atomic mass is 32.1. The van der Waals surface area contributed by atoms with Gasteiger partial charge in [-0.2, -0.15) is 10.5 Å². The van der Waals surface area contributed by atoms with Gasteiger partial charge in [0.05, 0.1) is 29.6 Å². The number of aromatic amines is 1. The van der Waals surface area contributed by atoms with Crippen LogP contribution in [-0.4, -0.2) is 30.3 Å². The first-order chi connectivity index (χ1) is 11.1. The summed E-state index contributed by atoms with van der Waals surface area (Å²) in [5.41, 5.74) is 2.15. The van der Waals surface area contributed by atoms with Gasteiger partial charge >= 0.3 is 0 Å². The van der Waals surface area contributed by atoms with Crippen LogP contribution in [0.4, 0.5) is 0 Å². The molecule has 0 saturated carbocycles. The van der Waals surface area contributed by atoms with Crippen LogP contribution in [0.2, 0.25) is 0 Å². The molecule has 0 spiro atoms. The van der Waals surface area contributed by atoms with Gasteiger partial charge in [-0.3, -0.25) is 4.98 Å². The van der Waals surface area contributed by atoms with Gasteiger partial charge in [0, 0.05) is 18.4 Å². The number of nitrogens with zero attached hydrogens (tertiary/aromatic N) is 3. The molecule has 0 unspecified atom stereocenters.